The lowest BCUT2D eigenvalue weighted by Gasteiger charge is -2.17. The highest BCUT2D eigenvalue weighted by atomic mass is 32.1. The summed E-state index contributed by atoms with van der Waals surface area (Å²) in [5.74, 6) is 1.45. The van der Waals surface area contributed by atoms with E-state index in [1.54, 1.807) is 29.7 Å². The lowest BCUT2D eigenvalue weighted by molar-refractivity contribution is 0.103. The number of carbonyl (C=O) groups excluding carboxylic acids is 1. The molecule has 0 saturated carbocycles. The topological polar surface area (TPSA) is 112 Å². The maximum atomic E-state index is 12.3. The third kappa shape index (κ3) is 3.77. The minimum atomic E-state index is -0.474. The highest BCUT2D eigenvalue weighted by molar-refractivity contribution is 7.17. The van der Waals surface area contributed by atoms with Gasteiger partial charge in [0.15, 0.2) is 5.82 Å². The number of anilines is 2. The summed E-state index contributed by atoms with van der Waals surface area (Å²) >= 11 is 2.93. The van der Waals surface area contributed by atoms with Gasteiger partial charge in [-0.1, -0.05) is 6.07 Å². The van der Waals surface area contributed by atoms with Crippen molar-refractivity contribution in [2.75, 3.05) is 23.7 Å². The van der Waals surface area contributed by atoms with E-state index >= 15 is 0 Å². The van der Waals surface area contributed by atoms with Gasteiger partial charge in [-0.3, -0.25) is 4.79 Å². The zero-order chi connectivity index (χ0) is 20.5. The molecule has 2 atom stereocenters. The van der Waals surface area contributed by atoms with Crippen LogP contribution < -0.4 is 16.0 Å². The third-order valence-electron chi connectivity index (χ3n) is 4.81. The smallest absolute Gasteiger partial charge is 0.266 e. The molecule has 0 aliphatic carbocycles. The quantitative estimate of drug-likeness (QED) is 0.379. The van der Waals surface area contributed by atoms with Crippen LogP contribution in [0.5, 0.6) is 0 Å². The fourth-order valence-electron chi connectivity index (χ4n) is 3.30. The number of fused-ring (bicyclic) bond motifs is 1. The van der Waals surface area contributed by atoms with Crippen LogP contribution in [0.25, 0.3) is 21.6 Å². The summed E-state index contributed by atoms with van der Waals surface area (Å²) in [6, 6.07) is 9.00. The van der Waals surface area contributed by atoms with E-state index < -0.39 is 6.10 Å². The Morgan fingerprint density at radius 2 is 2.10 bits per heavy atom. The molecule has 5 rings (SSSR count). The van der Waals surface area contributed by atoms with Gasteiger partial charge in [0, 0.05) is 24.8 Å². The van der Waals surface area contributed by atoms with Gasteiger partial charge in [0.25, 0.3) is 5.91 Å². The van der Waals surface area contributed by atoms with E-state index in [1.807, 2.05) is 29.0 Å². The number of carbonyl (C=O) groups is 1. The molecule has 5 heterocycles. The van der Waals surface area contributed by atoms with Crippen molar-refractivity contribution >= 4 is 50.4 Å². The van der Waals surface area contributed by atoms with E-state index in [-0.39, 0.29) is 11.9 Å². The van der Waals surface area contributed by atoms with Crippen LogP contribution in [0, 0.1) is 0 Å². The number of nitrogens with zero attached hydrogens (tertiary/aromatic N) is 3. The fourth-order valence-corrected chi connectivity index (χ4v) is 4.70. The predicted octanol–water partition coefficient (Wildman–Crippen LogP) is 2.81. The zero-order valence-corrected chi connectivity index (χ0v) is 17.3. The molecule has 1 aliphatic rings. The molecule has 1 fully saturated rings. The summed E-state index contributed by atoms with van der Waals surface area (Å²) in [7, 11) is 0. The molecule has 4 aromatic heterocycles. The Morgan fingerprint density at radius 1 is 1.17 bits per heavy atom. The van der Waals surface area contributed by atoms with E-state index in [9.17, 15) is 9.90 Å². The molecule has 10 heteroatoms. The average molecular weight is 439 g/mol. The molecule has 1 saturated heterocycles. The van der Waals surface area contributed by atoms with Crippen LogP contribution in [0.1, 0.15) is 9.67 Å². The molecular weight excluding hydrogens is 420 g/mol. The second kappa shape index (κ2) is 8.07. The Labute approximate surface area is 180 Å². The molecule has 0 spiro atoms. The second-order valence-corrected chi connectivity index (χ2v) is 8.73. The molecule has 152 valence electrons. The molecule has 30 heavy (non-hydrogen) atoms. The first-order valence-electron chi connectivity index (χ1n) is 9.39. The summed E-state index contributed by atoms with van der Waals surface area (Å²) in [4.78, 5) is 26.6. The molecule has 1 aliphatic heterocycles. The lowest BCUT2D eigenvalue weighted by atomic mass is 10.2. The van der Waals surface area contributed by atoms with Crippen LogP contribution in [0.3, 0.4) is 0 Å². The van der Waals surface area contributed by atoms with Gasteiger partial charge in [0.2, 0.25) is 0 Å². The van der Waals surface area contributed by atoms with E-state index in [0.29, 0.717) is 35.4 Å². The third-order valence-corrected chi connectivity index (χ3v) is 6.59. The monoisotopic (exact) mass is 438 g/mol. The van der Waals surface area contributed by atoms with Crippen LogP contribution in [-0.2, 0) is 0 Å². The van der Waals surface area contributed by atoms with Crippen molar-refractivity contribution in [1.29, 1.82) is 0 Å². The number of hydrogen-bond donors (Lipinski definition) is 4. The minimum absolute atomic E-state index is 0.115. The van der Waals surface area contributed by atoms with Gasteiger partial charge in [-0.15, -0.1) is 22.7 Å². The van der Waals surface area contributed by atoms with E-state index in [4.69, 9.17) is 4.98 Å². The van der Waals surface area contributed by atoms with E-state index in [2.05, 4.69) is 25.9 Å². The van der Waals surface area contributed by atoms with E-state index in [1.165, 1.54) is 11.3 Å². The fraction of sp³-hybridized carbons (Fsp3) is 0.200. The molecule has 0 bridgehead atoms. The number of rotatable bonds is 5. The van der Waals surface area contributed by atoms with Crippen molar-refractivity contribution in [1.82, 2.24) is 20.3 Å². The number of hydrogen-bond acceptors (Lipinski definition) is 9. The molecule has 8 nitrogen and oxygen atoms in total. The Balaban J connectivity index is 1.46. The molecule has 0 radical (unpaired) electrons. The van der Waals surface area contributed by atoms with Gasteiger partial charge in [-0.2, -0.15) is 0 Å². The number of thiophene rings is 2. The summed E-state index contributed by atoms with van der Waals surface area (Å²) in [5, 5.41) is 23.3. The summed E-state index contributed by atoms with van der Waals surface area (Å²) in [6.45, 7) is 1.22. The maximum absolute atomic E-state index is 12.3. The first-order chi connectivity index (χ1) is 14.7. The maximum Gasteiger partial charge on any atom is 0.266 e. The Morgan fingerprint density at radius 3 is 2.90 bits per heavy atom. The zero-order valence-electron chi connectivity index (χ0n) is 15.7. The van der Waals surface area contributed by atoms with Crippen LogP contribution in [0.4, 0.5) is 11.6 Å². The van der Waals surface area contributed by atoms with Gasteiger partial charge in [-0.05, 0) is 35.0 Å². The number of aromatic nitrogens is 3. The number of pyridine rings is 1. The number of β-amino-alcohol motifs (C(OH)–C–C–N with tert-alkyl or cyclic N) is 1. The van der Waals surface area contributed by atoms with Crippen LogP contribution in [-0.4, -0.2) is 51.2 Å². The molecule has 1 amide bonds. The van der Waals surface area contributed by atoms with Crippen molar-refractivity contribution < 1.29 is 9.90 Å². The lowest BCUT2D eigenvalue weighted by Crippen LogP contribution is -2.32. The van der Waals surface area contributed by atoms with Gasteiger partial charge in [0.1, 0.15) is 11.6 Å². The summed E-state index contributed by atoms with van der Waals surface area (Å²) in [5.41, 5.74) is 1.57. The van der Waals surface area contributed by atoms with Gasteiger partial charge in [-0.25, -0.2) is 15.0 Å². The Kier molecular flexibility index (Phi) is 5.13. The van der Waals surface area contributed by atoms with Gasteiger partial charge < -0.3 is 21.1 Å². The Hall–Kier alpha value is -2.92. The Bertz CT molecular complexity index is 1190. The van der Waals surface area contributed by atoms with Crippen LogP contribution >= 0.6 is 22.7 Å². The molecule has 0 aromatic carbocycles. The van der Waals surface area contributed by atoms with Gasteiger partial charge in [0.05, 0.1) is 27.2 Å². The predicted molar refractivity (Wildman–Crippen MR) is 119 cm³/mol. The van der Waals surface area contributed by atoms with Gasteiger partial charge >= 0.3 is 0 Å². The number of nitrogens with one attached hydrogen (secondary N) is 3. The minimum Gasteiger partial charge on any atom is -0.390 e. The highest BCUT2D eigenvalue weighted by Gasteiger charge is 2.26. The second-order valence-electron chi connectivity index (χ2n) is 6.87. The molecule has 2 unspecified atom stereocenters. The number of aliphatic hydroxyl groups is 1. The first kappa shape index (κ1) is 19.1. The SMILES string of the molecule is O=C(Nc1cc(-c2nc(NC3CNCC3O)c3sccc3n2)ccn1)c1cccs1. The van der Waals surface area contributed by atoms with Crippen molar-refractivity contribution in [3.8, 4) is 11.4 Å². The van der Waals surface area contributed by atoms with Crippen molar-refractivity contribution in [3.63, 3.8) is 0 Å². The van der Waals surface area contributed by atoms with Crippen molar-refractivity contribution in [2.24, 2.45) is 0 Å². The summed E-state index contributed by atoms with van der Waals surface area (Å²) in [6.07, 6.45) is 1.15. The molecule has 4 aromatic rings. The molecular formula is C20H18N6O2S2. The largest absolute Gasteiger partial charge is 0.390 e. The summed E-state index contributed by atoms with van der Waals surface area (Å²) < 4.78 is 0.943. The highest BCUT2D eigenvalue weighted by Crippen LogP contribution is 2.30. The average Bonchev–Trinajstić information content (AvgIpc) is 3.51. The standard InChI is InChI=1S/C20H18N6O2S2/c27-14-10-21-9-13(14)24-19-17-12(4-7-30-17)23-18(26-19)11-3-5-22-16(8-11)25-20(28)15-2-1-6-29-15/h1-8,13-14,21,27H,9-10H2,(H,22,25,28)(H,23,24,26). The van der Waals surface area contributed by atoms with Crippen LogP contribution in [0.15, 0.2) is 47.3 Å². The normalized spacial score (nSPS) is 18.6. The number of amides is 1. The molecule has 4 N–H and O–H groups in total. The first-order valence-corrected chi connectivity index (χ1v) is 11.1. The number of aliphatic hydroxyl groups excluding tert-OH is 1. The van der Waals surface area contributed by atoms with Crippen molar-refractivity contribution in [3.05, 3.63) is 52.2 Å². The van der Waals surface area contributed by atoms with Crippen molar-refractivity contribution in [2.45, 2.75) is 12.1 Å². The van der Waals surface area contributed by atoms with E-state index in [0.717, 1.165) is 15.8 Å². The van der Waals surface area contributed by atoms with Crippen LogP contribution in [0.2, 0.25) is 0 Å².